The number of H-pyrrole nitrogens is 1. The minimum absolute atomic E-state index is 0. The van der Waals surface area contributed by atoms with E-state index in [1.807, 2.05) is 6.07 Å². The van der Waals surface area contributed by atoms with Crippen LogP contribution in [0.2, 0.25) is 0 Å². The zero-order chi connectivity index (χ0) is 8.43. The number of aryl methyl sites for hydroxylation is 1. The number of hydrogen-bond acceptors (Lipinski definition) is 3. The van der Waals surface area contributed by atoms with Crippen molar-refractivity contribution in [2.75, 3.05) is 0 Å². The van der Waals surface area contributed by atoms with Gasteiger partial charge in [-0.05, 0) is 13.0 Å². The van der Waals surface area contributed by atoms with Crippen molar-refractivity contribution in [1.29, 1.82) is 5.26 Å². The van der Waals surface area contributed by atoms with E-state index in [1.54, 1.807) is 6.92 Å². The average molecular weight is 174 g/mol. The fourth-order valence-corrected chi connectivity index (χ4v) is 0.789. The fraction of sp³-hybridized carbons (Fsp3) is 0.143. The number of nitriles is 1. The Kier molecular flexibility index (Phi) is 6.00. The van der Waals surface area contributed by atoms with E-state index in [4.69, 9.17) is 10.4 Å². The Balaban J connectivity index is 0. The number of rotatable bonds is 1. The van der Waals surface area contributed by atoms with Crippen molar-refractivity contribution in [2.45, 2.75) is 6.92 Å². The van der Waals surface area contributed by atoms with Gasteiger partial charge in [0.05, 0.1) is 5.56 Å². The van der Waals surface area contributed by atoms with Crippen molar-refractivity contribution in [1.82, 2.24) is 4.98 Å². The van der Waals surface area contributed by atoms with Crippen LogP contribution in [0, 0.1) is 18.3 Å². The summed E-state index contributed by atoms with van der Waals surface area (Å²) in [5.74, 6) is -1.05. The predicted octanol–water partition coefficient (Wildman–Crippen LogP) is -2.28. The molecule has 1 aromatic rings. The van der Waals surface area contributed by atoms with E-state index in [2.05, 4.69) is 4.98 Å². The number of carbonyl (C=O) groups is 1. The number of aromatic amines is 1. The molecule has 0 fully saturated rings. The zero-order valence-electron chi connectivity index (χ0n) is 7.33. The van der Waals surface area contributed by atoms with Gasteiger partial charge in [0.2, 0.25) is 0 Å². The molecule has 5 nitrogen and oxygen atoms in total. The summed E-state index contributed by atoms with van der Waals surface area (Å²) < 4.78 is 0. The van der Waals surface area contributed by atoms with E-state index >= 15 is 0 Å². The first-order valence-electron chi connectivity index (χ1n) is 2.98. The molecular formula is C7H7LiN2O3. The van der Waals surface area contributed by atoms with Gasteiger partial charge < -0.3 is 15.6 Å². The van der Waals surface area contributed by atoms with E-state index in [0.29, 0.717) is 11.3 Å². The van der Waals surface area contributed by atoms with Gasteiger partial charge in [0, 0.05) is 5.69 Å². The van der Waals surface area contributed by atoms with Gasteiger partial charge in [-0.25, -0.2) is 4.79 Å². The van der Waals surface area contributed by atoms with Crippen molar-refractivity contribution in [2.24, 2.45) is 0 Å². The zero-order valence-corrected chi connectivity index (χ0v) is 7.33. The first-order chi connectivity index (χ1) is 5.15. The Morgan fingerprint density at radius 1 is 1.69 bits per heavy atom. The molecule has 64 valence electrons. The van der Waals surface area contributed by atoms with Gasteiger partial charge in [0.25, 0.3) is 0 Å². The molecule has 1 heterocycles. The molecular weight excluding hydrogens is 167 g/mol. The first kappa shape index (κ1) is 14.3. The van der Waals surface area contributed by atoms with E-state index < -0.39 is 5.97 Å². The van der Waals surface area contributed by atoms with Crippen molar-refractivity contribution < 1.29 is 34.2 Å². The van der Waals surface area contributed by atoms with Gasteiger partial charge in [0.1, 0.15) is 11.8 Å². The van der Waals surface area contributed by atoms with Crippen molar-refractivity contribution in [3.8, 4) is 6.07 Å². The number of carboxylic acids is 1. The molecule has 0 amide bonds. The molecule has 0 bridgehead atoms. The number of nitrogens with one attached hydrogen (secondary N) is 1. The second-order valence-corrected chi connectivity index (χ2v) is 2.14. The van der Waals surface area contributed by atoms with Gasteiger partial charge in [-0.1, -0.05) is 0 Å². The topological polar surface area (TPSA) is 107 Å². The molecule has 0 saturated heterocycles. The number of aromatic carboxylic acids is 1. The quantitative estimate of drug-likeness (QED) is 0.467. The molecule has 0 atom stereocenters. The van der Waals surface area contributed by atoms with Crippen LogP contribution >= 0.6 is 0 Å². The Bertz CT molecular complexity index is 340. The Labute approximate surface area is 86.9 Å². The number of hydrogen-bond donors (Lipinski definition) is 2. The molecule has 0 aliphatic carbocycles. The standard InChI is InChI=1S/C7H6N2O2.Li.H2O/c1-4-5(3-8)2-6(9-4)7(10)11;;/h2,9H,1H3,(H,10,11);;1H2/q;+1;/p-1. The van der Waals surface area contributed by atoms with Crippen molar-refractivity contribution in [3.05, 3.63) is 23.0 Å². The van der Waals surface area contributed by atoms with Crippen molar-refractivity contribution in [3.63, 3.8) is 0 Å². The Morgan fingerprint density at radius 2 is 2.23 bits per heavy atom. The minimum Gasteiger partial charge on any atom is -0.870 e. The average Bonchev–Trinajstić information content (AvgIpc) is 2.31. The van der Waals surface area contributed by atoms with Crippen LogP contribution in [-0.2, 0) is 0 Å². The van der Waals surface area contributed by atoms with Gasteiger partial charge in [-0.2, -0.15) is 5.26 Å². The van der Waals surface area contributed by atoms with E-state index in [1.165, 1.54) is 6.07 Å². The van der Waals surface area contributed by atoms with Crippen LogP contribution in [0.15, 0.2) is 6.07 Å². The molecule has 6 heteroatoms. The first-order valence-corrected chi connectivity index (χ1v) is 2.98. The van der Waals surface area contributed by atoms with Crippen LogP contribution in [0.3, 0.4) is 0 Å². The summed E-state index contributed by atoms with van der Waals surface area (Å²) in [5, 5.41) is 16.9. The summed E-state index contributed by atoms with van der Waals surface area (Å²) in [6.07, 6.45) is 0. The van der Waals surface area contributed by atoms with Crippen molar-refractivity contribution >= 4 is 5.97 Å². The molecule has 0 unspecified atom stereocenters. The third-order valence-corrected chi connectivity index (χ3v) is 1.37. The summed E-state index contributed by atoms with van der Waals surface area (Å²) in [4.78, 5) is 12.9. The number of nitrogens with zero attached hydrogens (tertiary/aromatic N) is 1. The summed E-state index contributed by atoms with van der Waals surface area (Å²) >= 11 is 0. The summed E-state index contributed by atoms with van der Waals surface area (Å²) in [5.41, 5.74) is 1.02. The molecule has 3 N–H and O–H groups in total. The van der Waals surface area contributed by atoms with Crippen LogP contribution in [0.5, 0.6) is 0 Å². The third kappa shape index (κ3) is 2.96. The molecule has 0 aliphatic rings. The largest absolute Gasteiger partial charge is 1.00 e. The molecule has 0 aromatic carbocycles. The molecule has 0 radical (unpaired) electrons. The van der Waals surface area contributed by atoms with E-state index in [9.17, 15) is 4.79 Å². The molecule has 13 heavy (non-hydrogen) atoms. The normalized spacial score (nSPS) is 7.69. The smallest absolute Gasteiger partial charge is 0.870 e. The summed E-state index contributed by atoms with van der Waals surface area (Å²) in [6, 6.07) is 3.19. The molecule has 1 rings (SSSR count). The Morgan fingerprint density at radius 3 is 2.46 bits per heavy atom. The van der Waals surface area contributed by atoms with Gasteiger partial charge in [-0.3, -0.25) is 0 Å². The Hall–Kier alpha value is -1.20. The van der Waals surface area contributed by atoms with Crippen LogP contribution in [0.4, 0.5) is 0 Å². The molecule has 0 spiro atoms. The predicted molar refractivity (Wildman–Crippen MR) is 39.1 cm³/mol. The maximum atomic E-state index is 10.3. The SMILES string of the molecule is Cc1[nH]c(C(=O)O)cc1C#N.[Li+].[OH-]. The monoisotopic (exact) mass is 174 g/mol. The maximum absolute atomic E-state index is 10.3. The fourth-order valence-electron chi connectivity index (χ4n) is 0.789. The van der Waals surface area contributed by atoms with Crippen LogP contribution in [0.1, 0.15) is 21.7 Å². The second kappa shape index (κ2) is 5.44. The van der Waals surface area contributed by atoms with Gasteiger partial charge >= 0.3 is 24.8 Å². The summed E-state index contributed by atoms with van der Waals surface area (Å²) in [6.45, 7) is 1.66. The van der Waals surface area contributed by atoms with E-state index in [-0.39, 0.29) is 30.0 Å². The third-order valence-electron chi connectivity index (χ3n) is 1.37. The summed E-state index contributed by atoms with van der Waals surface area (Å²) in [7, 11) is 0. The van der Waals surface area contributed by atoms with Gasteiger partial charge in [-0.15, -0.1) is 0 Å². The number of carboxylic acid groups (broad SMARTS) is 1. The van der Waals surface area contributed by atoms with Gasteiger partial charge in [0.15, 0.2) is 0 Å². The number of aromatic nitrogens is 1. The molecule has 0 saturated carbocycles. The van der Waals surface area contributed by atoms with Crippen LogP contribution < -0.4 is 18.9 Å². The maximum Gasteiger partial charge on any atom is 1.00 e. The van der Waals surface area contributed by atoms with E-state index in [0.717, 1.165) is 0 Å². The molecule has 1 aromatic heterocycles. The minimum atomic E-state index is -1.05. The molecule has 0 aliphatic heterocycles. The van der Waals surface area contributed by atoms with Crippen LogP contribution in [0.25, 0.3) is 0 Å². The second-order valence-electron chi connectivity index (χ2n) is 2.14. The van der Waals surface area contributed by atoms with Crippen LogP contribution in [-0.4, -0.2) is 21.5 Å².